The molecule has 3 rings (SSSR count). The highest BCUT2D eigenvalue weighted by molar-refractivity contribution is 5.62. The van der Waals surface area contributed by atoms with Crippen LogP contribution in [0.1, 0.15) is 32.0 Å². The Hall–Kier alpha value is -3.69. The fourth-order valence-electron chi connectivity index (χ4n) is 3.55. The lowest BCUT2D eigenvalue weighted by atomic mass is 10.0. The third-order valence-electron chi connectivity index (χ3n) is 5.20. The molecule has 175 valence electrons. The molecular formula is C26H33N4O3. The number of nitriles is 1. The minimum absolute atomic E-state index is 0. The predicted molar refractivity (Wildman–Crippen MR) is 132 cm³/mol. The van der Waals surface area contributed by atoms with Gasteiger partial charge in [-0.2, -0.15) is 14.9 Å². The summed E-state index contributed by atoms with van der Waals surface area (Å²) in [7, 11) is 0. The maximum absolute atomic E-state index is 9.46. The first-order chi connectivity index (χ1) is 16.0. The molecule has 0 spiro atoms. The molecule has 2 aromatic carbocycles. The van der Waals surface area contributed by atoms with Crippen molar-refractivity contribution in [3.8, 4) is 6.07 Å². The van der Waals surface area contributed by atoms with Gasteiger partial charge in [-0.25, -0.2) is 0 Å². The average Bonchev–Trinajstić information content (AvgIpc) is 2.81. The van der Waals surface area contributed by atoms with E-state index in [4.69, 9.17) is 20.9 Å². The number of allylic oxidation sites excluding steroid dienone is 1. The molecule has 33 heavy (non-hydrogen) atoms. The Morgan fingerprint density at radius 3 is 2.42 bits per heavy atom. The van der Waals surface area contributed by atoms with Crippen molar-refractivity contribution in [2.24, 2.45) is 0 Å². The zero-order valence-corrected chi connectivity index (χ0v) is 19.1. The Morgan fingerprint density at radius 2 is 1.82 bits per heavy atom. The molecule has 0 aliphatic carbocycles. The Bertz CT molecular complexity index is 1060. The number of hydrogen-bond acceptors (Lipinski definition) is 7. The molecule has 0 atom stereocenters. The Balaban J connectivity index is 0.00000220. The van der Waals surface area contributed by atoms with Crippen molar-refractivity contribution in [2.45, 2.75) is 20.3 Å². The molecule has 1 fully saturated rings. The molecule has 7 heteroatoms. The summed E-state index contributed by atoms with van der Waals surface area (Å²) in [5, 5.41) is 15.9. The summed E-state index contributed by atoms with van der Waals surface area (Å²) < 4.78 is 5.40. The van der Waals surface area contributed by atoms with Gasteiger partial charge in [0.2, 0.25) is 0 Å². The van der Waals surface area contributed by atoms with Crippen LogP contribution in [0.3, 0.4) is 0 Å². The average molecular weight is 450 g/mol. The number of hydrogen-bond donors (Lipinski definition) is 2. The van der Waals surface area contributed by atoms with Gasteiger partial charge >= 0.3 is 6.15 Å². The van der Waals surface area contributed by atoms with Crippen LogP contribution < -0.4 is 10.6 Å². The van der Waals surface area contributed by atoms with Crippen LogP contribution in [0.5, 0.6) is 0 Å². The van der Waals surface area contributed by atoms with Crippen molar-refractivity contribution in [1.82, 2.24) is 4.90 Å². The fraction of sp³-hybridized carbons (Fsp3) is 0.308. The van der Waals surface area contributed by atoms with E-state index in [2.05, 4.69) is 46.7 Å². The summed E-state index contributed by atoms with van der Waals surface area (Å²) in [6, 6.07) is 14.2. The minimum atomic E-state index is 0. The summed E-state index contributed by atoms with van der Waals surface area (Å²) in [5.41, 5.74) is 5.87. The highest BCUT2D eigenvalue weighted by Crippen LogP contribution is 2.21. The lowest BCUT2D eigenvalue weighted by molar-refractivity contribution is -0.191. The van der Waals surface area contributed by atoms with Gasteiger partial charge in [0.05, 0.1) is 24.8 Å². The van der Waals surface area contributed by atoms with Gasteiger partial charge in [0, 0.05) is 33.9 Å². The van der Waals surface area contributed by atoms with Crippen molar-refractivity contribution in [2.75, 3.05) is 43.5 Å². The van der Waals surface area contributed by atoms with Gasteiger partial charge in [0.15, 0.2) is 0 Å². The summed E-state index contributed by atoms with van der Waals surface area (Å²) in [6.45, 7) is 14.6. The van der Waals surface area contributed by atoms with Crippen molar-refractivity contribution in [1.29, 1.82) is 5.26 Å². The number of nitrogens with zero attached hydrogens (tertiary/aromatic N) is 2. The molecule has 0 saturated carbocycles. The van der Waals surface area contributed by atoms with Crippen LogP contribution in [0.2, 0.25) is 0 Å². The van der Waals surface area contributed by atoms with Crippen LogP contribution in [-0.2, 0) is 20.7 Å². The molecule has 0 amide bonds. The summed E-state index contributed by atoms with van der Waals surface area (Å²) in [5.74, 6) is 0.442. The van der Waals surface area contributed by atoms with E-state index in [1.54, 1.807) is 0 Å². The third kappa shape index (κ3) is 8.40. The SMILES string of the molecule is O=C=O.[CH]=C(Nc1ccc(/C=C\C)c(C)c1)Nc1ccc(C#N)c(CCN2CCOCC2)c1.[HH].[HH]. The molecule has 1 saturated heterocycles. The highest BCUT2D eigenvalue weighted by atomic mass is 16.5. The number of carbonyl (C=O) groups excluding carboxylic acids is 2. The molecule has 0 unspecified atom stereocenters. The highest BCUT2D eigenvalue weighted by Gasteiger charge is 2.12. The molecular weight excluding hydrogens is 416 g/mol. The van der Waals surface area contributed by atoms with Crippen LogP contribution in [0.15, 0.2) is 48.3 Å². The molecule has 0 aromatic heterocycles. The van der Waals surface area contributed by atoms with E-state index in [0.29, 0.717) is 11.4 Å². The van der Waals surface area contributed by atoms with Gasteiger partial charge in [-0.1, -0.05) is 18.2 Å². The molecule has 1 aliphatic heterocycles. The van der Waals surface area contributed by atoms with Gasteiger partial charge in [-0.3, -0.25) is 4.90 Å². The van der Waals surface area contributed by atoms with E-state index in [-0.39, 0.29) is 9.00 Å². The fourth-order valence-corrected chi connectivity index (χ4v) is 3.55. The summed E-state index contributed by atoms with van der Waals surface area (Å²) in [6.07, 6.45) is 5.18. The number of nitrogens with one attached hydrogen (secondary N) is 2. The van der Waals surface area contributed by atoms with E-state index in [1.807, 2.05) is 37.3 Å². The monoisotopic (exact) mass is 449 g/mol. The number of aryl methyl sites for hydroxylation is 1. The van der Waals surface area contributed by atoms with E-state index >= 15 is 0 Å². The van der Waals surface area contributed by atoms with Gasteiger partial charge in [-0.05, 0) is 73.9 Å². The van der Waals surface area contributed by atoms with E-state index in [0.717, 1.165) is 56.2 Å². The largest absolute Gasteiger partial charge is 0.379 e. The lowest BCUT2D eigenvalue weighted by Crippen LogP contribution is -2.37. The van der Waals surface area contributed by atoms with Gasteiger partial charge in [0.25, 0.3) is 0 Å². The van der Waals surface area contributed by atoms with Crippen LogP contribution in [0, 0.1) is 24.8 Å². The van der Waals surface area contributed by atoms with Gasteiger partial charge in [-0.15, -0.1) is 0 Å². The molecule has 2 aromatic rings. The van der Waals surface area contributed by atoms with Gasteiger partial charge in [0.1, 0.15) is 5.82 Å². The van der Waals surface area contributed by atoms with E-state index < -0.39 is 0 Å². The van der Waals surface area contributed by atoms with Crippen molar-refractivity contribution in [3.05, 3.63) is 77.1 Å². The quantitative estimate of drug-likeness (QED) is 0.613. The zero-order chi connectivity index (χ0) is 24.1. The smallest absolute Gasteiger partial charge is 0.373 e. The van der Waals surface area contributed by atoms with Gasteiger partial charge < -0.3 is 15.4 Å². The van der Waals surface area contributed by atoms with Crippen LogP contribution in [-0.4, -0.2) is 43.9 Å². The van der Waals surface area contributed by atoms with Crippen LogP contribution in [0.4, 0.5) is 11.4 Å². The molecule has 1 radical (unpaired) electrons. The number of anilines is 2. The standard InChI is InChI=1S/C25H29N4O.CO2.2H2/c1-4-5-21-6-8-24(16-19(21)2)27-20(3)28-25-9-7-23(18-26)22(17-25)10-11-29-12-14-30-15-13-29;2-1-3;;/h3-9,16-17,27-28H,10-15H2,1-2H3;;2*1H/b5-4-,20-3?;;;. The summed E-state index contributed by atoms with van der Waals surface area (Å²) in [4.78, 5) is 18.6. The number of rotatable bonds is 8. The molecule has 2 N–H and O–H groups in total. The molecule has 0 bridgehead atoms. The number of benzene rings is 2. The minimum Gasteiger partial charge on any atom is -0.379 e. The topological polar surface area (TPSA) is 94.5 Å². The van der Waals surface area contributed by atoms with E-state index in [9.17, 15) is 5.26 Å². The second kappa shape index (κ2) is 13.7. The first kappa shape index (κ1) is 25.6. The Kier molecular flexibility index (Phi) is 10.6. The van der Waals surface area contributed by atoms with Crippen molar-refractivity contribution < 1.29 is 17.2 Å². The Labute approximate surface area is 198 Å². The van der Waals surface area contributed by atoms with Crippen LogP contribution in [0.25, 0.3) is 6.08 Å². The second-order valence-corrected chi connectivity index (χ2v) is 7.51. The number of morpholine rings is 1. The van der Waals surface area contributed by atoms with Crippen molar-refractivity contribution >= 4 is 23.6 Å². The maximum Gasteiger partial charge on any atom is 0.373 e. The molecule has 1 aliphatic rings. The normalized spacial score (nSPS) is 13.4. The first-order valence-electron chi connectivity index (χ1n) is 10.7. The van der Waals surface area contributed by atoms with Crippen LogP contribution >= 0.6 is 0 Å². The first-order valence-corrected chi connectivity index (χ1v) is 10.7. The zero-order valence-electron chi connectivity index (χ0n) is 19.1. The lowest BCUT2D eigenvalue weighted by Gasteiger charge is -2.26. The second-order valence-electron chi connectivity index (χ2n) is 7.51. The third-order valence-corrected chi connectivity index (χ3v) is 5.20. The maximum atomic E-state index is 9.46. The predicted octanol–water partition coefficient (Wildman–Crippen LogP) is 4.48. The Morgan fingerprint density at radius 1 is 1.18 bits per heavy atom. The van der Waals surface area contributed by atoms with E-state index in [1.165, 1.54) is 11.1 Å². The summed E-state index contributed by atoms with van der Waals surface area (Å²) >= 11 is 0. The molecule has 1 heterocycles. The van der Waals surface area contributed by atoms with Crippen molar-refractivity contribution in [3.63, 3.8) is 0 Å². The number of ether oxygens (including phenoxy) is 1. The molecule has 7 nitrogen and oxygen atoms in total.